The molecule has 0 amide bonds. The lowest BCUT2D eigenvalue weighted by atomic mass is 9.96. The quantitative estimate of drug-likeness (QED) is 0.796. The lowest BCUT2D eigenvalue weighted by Crippen LogP contribution is -2.22. The largest absolute Gasteiger partial charge is 0.493 e. The first-order valence-electron chi connectivity index (χ1n) is 7.26. The van der Waals surface area contributed by atoms with Crippen LogP contribution in [0.4, 0.5) is 5.82 Å². The molecule has 108 valence electrons. The standard InChI is InChI=1S/C16H16IN3O/c17-13-14(9-5-6-9)19-16(20-15(13)18)11-7-10-3-1-2-4-12(10)21-8-11/h1-4,9,11H,5-8H2,(H2,18,19,20). The molecule has 5 heteroatoms. The highest BCUT2D eigenvalue weighted by Crippen LogP contribution is 2.42. The van der Waals surface area contributed by atoms with Crippen molar-refractivity contribution < 1.29 is 4.74 Å². The van der Waals surface area contributed by atoms with Gasteiger partial charge in [-0.15, -0.1) is 0 Å². The summed E-state index contributed by atoms with van der Waals surface area (Å²) in [6.07, 6.45) is 3.35. The van der Waals surface area contributed by atoms with Crippen LogP contribution in [0.5, 0.6) is 5.75 Å². The Hall–Kier alpha value is -1.37. The fourth-order valence-corrected chi connectivity index (χ4v) is 3.49. The third-order valence-corrected chi connectivity index (χ3v) is 5.23. The molecule has 21 heavy (non-hydrogen) atoms. The number of anilines is 1. The number of nitrogens with zero attached hydrogens (tertiary/aromatic N) is 2. The van der Waals surface area contributed by atoms with Gasteiger partial charge in [-0.3, -0.25) is 0 Å². The third-order valence-electron chi connectivity index (χ3n) is 4.13. The second kappa shape index (κ2) is 5.12. The summed E-state index contributed by atoms with van der Waals surface area (Å²) < 4.78 is 6.88. The smallest absolute Gasteiger partial charge is 0.140 e. The maximum Gasteiger partial charge on any atom is 0.140 e. The monoisotopic (exact) mass is 393 g/mol. The van der Waals surface area contributed by atoms with Crippen molar-refractivity contribution in [2.75, 3.05) is 12.3 Å². The molecule has 4 rings (SSSR count). The van der Waals surface area contributed by atoms with Gasteiger partial charge in [0.25, 0.3) is 0 Å². The highest BCUT2D eigenvalue weighted by atomic mass is 127. The van der Waals surface area contributed by atoms with Crippen LogP contribution in [0.1, 0.15) is 41.8 Å². The van der Waals surface area contributed by atoms with Crippen LogP contribution in [-0.4, -0.2) is 16.6 Å². The normalized spacial score (nSPS) is 20.7. The molecule has 2 heterocycles. The van der Waals surface area contributed by atoms with Crippen LogP contribution in [0, 0.1) is 3.57 Å². The number of benzene rings is 1. The minimum Gasteiger partial charge on any atom is -0.493 e. The molecule has 0 saturated heterocycles. The number of para-hydroxylation sites is 1. The predicted molar refractivity (Wildman–Crippen MR) is 89.5 cm³/mol. The Labute approximate surface area is 137 Å². The minimum atomic E-state index is 0.191. The predicted octanol–water partition coefficient (Wildman–Crippen LogP) is 3.26. The number of nitrogens with two attached hydrogens (primary N) is 1. The zero-order valence-electron chi connectivity index (χ0n) is 11.6. The maximum atomic E-state index is 6.09. The van der Waals surface area contributed by atoms with Gasteiger partial charge in [-0.05, 0) is 53.5 Å². The second-order valence-corrected chi connectivity index (χ2v) is 6.84. The van der Waals surface area contributed by atoms with Gasteiger partial charge in [0.05, 0.1) is 21.8 Å². The van der Waals surface area contributed by atoms with Crippen molar-refractivity contribution in [3.05, 3.63) is 44.9 Å². The molecule has 0 spiro atoms. The molecule has 1 unspecified atom stereocenters. The summed E-state index contributed by atoms with van der Waals surface area (Å²) in [5, 5.41) is 0. The molecule has 0 bridgehead atoms. The van der Waals surface area contributed by atoms with Crippen LogP contribution in [0.15, 0.2) is 24.3 Å². The van der Waals surface area contributed by atoms with Crippen molar-refractivity contribution in [3.8, 4) is 5.75 Å². The molecule has 1 saturated carbocycles. The van der Waals surface area contributed by atoms with Gasteiger partial charge in [-0.1, -0.05) is 18.2 Å². The van der Waals surface area contributed by atoms with Crippen LogP contribution in [0.25, 0.3) is 0 Å². The summed E-state index contributed by atoms with van der Waals surface area (Å²) >= 11 is 2.27. The van der Waals surface area contributed by atoms with E-state index in [1.165, 1.54) is 18.4 Å². The topological polar surface area (TPSA) is 61.0 Å². The highest BCUT2D eigenvalue weighted by Gasteiger charge is 2.31. The van der Waals surface area contributed by atoms with E-state index >= 15 is 0 Å². The van der Waals surface area contributed by atoms with Gasteiger partial charge in [0.2, 0.25) is 0 Å². The van der Waals surface area contributed by atoms with Crippen LogP contribution >= 0.6 is 22.6 Å². The average molecular weight is 393 g/mol. The van der Waals surface area contributed by atoms with Gasteiger partial charge >= 0.3 is 0 Å². The van der Waals surface area contributed by atoms with Crippen LogP contribution in [-0.2, 0) is 6.42 Å². The molecular formula is C16H16IN3O. The van der Waals surface area contributed by atoms with Crippen molar-refractivity contribution in [3.63, 3.8) is 0 Å². The van der Waals surface area contributed by atoms with E-state index in [1.54, 1.807) is 0 Å². The zero-order valence-corrected chi connectivity index (χ0v) is 13.7. The Morgan fingerprint density at radius 2 is 1.95 bits per heavy atom. The van der Waals surface area contributed by atoms with E-state index in [2.05, 4.69) is 33.6 Å². The lowest BCUT2D eigenvalue weighted by molar-refractivity contribution is 0.257. The Morgan fingerprint density at radius 1 is 1.14 bits per heavy atom. The Morgan fingerprint density at radius 3 is 2.76 bits per heavy atom. The molecule has 1 aromatic heterocycles. The number of hydrogen-bond donors (Lipinski definition) is 1. The highest BCUT2D eigenvalue weighted by molar-refractivity contribution is 14.1. The molecule has 1 aliphatic carbocycles. The van der Waals surface area contributed by atoms with Gasteiger partial charge < -0.3 is 10.5 Å². The molecule has 0 radical (unpaired) electrons. The number of fused-ring (bicyclic) bond motifs is 1. The summed E-state index contributed by atoms with van der Waals surface area (Å²) in [6, 6.07) is 8.18. The molecule has 1 aliphatic heterocycles. The fourth-order valence-electron chi connectivity index (χ4n) is 2.80. The number of aromatic nitrogens is 2. The number of halogens is 1. The van der Waals surface area contributed by atoms with Crippen LogP contribution in [0.3, 0.4) is 0 Å². The molecule has 2 aliphatic rings. The number of hydrogen-bond acceptors (Lipinski definition) is 4. The van der Waals surface area contributed by atoms with E-state index in [-0.39, 0.29) is 5.92 Å². The summed E-state index contributed by atoms with van der Waals surface area (Å²) in [5.41, 5.74) is 8.45. The molecule has 2 aromatic rings. The van der Waals surface area contributed by atoms with Crippen LogP contribution < -0.4 is 10.5 Å². The third kappa shape index (κ3) is 2.47. The van der Waals surface area contributed by atoms with Gasteiger partial charge in [-0.25, -0.2) is 9.97 Å². The lowest BCUT2D eigenvalue weighted by Gasteiger charge is -2.24. The van der Waals surface area contributed by atoms with Gasteiger partial charge in [0.15, 0.2) is 0 Å². The van der Waals surface area contributed by atoms with E-state index in [4.69, 9.17) is 15.5 Å². The van der Waals surface area contributed by atoms with Crippen molar-refractivity contribution in [1.29, 1.82) is 0 Å². The number of nitrogen functional groups attached to an aromatic ring is 1. The van der Waals surface area contributed by atoms with Crippen molar-refractivity contribution >= 4 is 28.4 Å². The zero-order chi connectivity index (χ0) is 14.4. The van der Waals surface area contributed by atoms with Crippen molar-refractivity contribution in [1.82, 2.24) is 9.97 Å². The van der Waals surface area contributed by atoms with Crippen LogP contribution in [0.2, 0.25) is 0 Å². The van der Waals surface area contributed by atoms with E-state index in [0.29, 0.717) is 18.3 Å². The molecule has 1 atom stereocenters. The molecular weight excluding hydrogens is 377 g/mol. The first kappa shape index (κ1) is 13.3. The second-order valence-electron chi connectivity index (χ2n) is 5.76. The van der Waals surface area contributed by atoms with E-state index in [0.717, 1.165) is 27.3 Å². The fraction of sp³-hybridized carbons (Fsp3) is 0.375. The number of ether oxygens (including phenoxy) is 1. The minimum absolute atomic E-state index is 0.191. The molecule has 1 aromatic carbocycles. The summed E-state index contributed by atoms with van der Waals surface area (Å²) in [7, 11) is 0. The Balaban J connectivity index is 1.68. The first-order chi connectivity index (χ1) is 10.2. The maximum absolute atomic E-state index is 6.09. The van der Waals surface area contributed by atoms with Gasteiger partial charge in [0.1, 0.15) is 17.4 Å². The SMILES string of the molecule is Nc1nc(C2COc3ccccc3C2)nc(C2CC2)c1I. The first-order valence-corrected chi connectivity index (χ1v) is 8.33. The van der Waals surface area contributed by atoms with E-state index < -0.39 is 0 Å². The van der Waals surface area contributed by atoms with Gasteiger partial charge in [-0.2, -0.15) is 0 Å². The van der Waals surface area contributed by atoms with E-state index in [1.807, 2.05) is 18.2 Å². The van der Waals surface area contributed by atoms with Gasteiger partial charge in [0, 0.05) is 5.92 Å². The van der Waals surface area contributed by atoms with E-state index in [9.17, 15) is 0 Å². The summed E-state index contributed by atoms with van der Waals surface area (Å²) in [4.78, 5) is 9.33. The molecule has 2 N–H and O–H groups in total. The number of rotatable bonds is 2. The molecule has 4 nitrogen and oxygen atoms in total. The molecule has 1 fully saturated rings. The summed E-state index contributed by atoms with van der Waals surface area (Å²) in [5.74, 6) is 3.20. The average Bonchev–Trinajstić information content (AvgIpc) is 3.34. The van der Waals surface area contributed by atoms with Crippen molar-refractivity contribution in [2.45, 2.75) is 31.1 Å². The Kier molecular flexibility index (Phi) is 3.24. The Bertz CT molecular complexity index is 700. The summed E-state index contributed by atoms with van der Waals surface area (Å²) in [6.45, 7) is 0.626. The van der Waals surface area contributed by atoms with Crippen molar-refractivity contribution in [2.24, 2.45) is 0 Å².